The molecule has 1 aromatic rings. The summed E-state index contributed by atoms with van der Waals surface area (Å²) < 4.78 is 17.6. The highest BCUT2D eigenvalue weighted by atomic mass is 32.1. The molecule has 0 N–H and O–H groups in total. The molecule has 0 radical (unpaired) electrons. The van der Waals surface area contributed by atoms with Crippen LogP contribution in [0.15, 0.2) is 11.6 Å². The van der Waals surface area contributed by atoms with Crippen molar-refractivity contribution in [2.24, 2.45) is 11.8 Å². The number of aromatic nitrogens is 1. The number of hydrogen-bond donors (Lipinski definition) is 0. The lowest BCUT2D eigenvalue weighted by atomic mass is 10.0. The highest BCUT2D eigenvalue weighted by Gasteiger charge is 2.43. The quantitative estimate of drug-likeness (QED) is 0.795. The summed E-state index contributed by atoms with van der Waals surface area (Å²) in [5.41, 5.74) is 0. The molecule has 0 bridgehead atoms. The van der Waals surface area contributed by atoms with E-state index in [0.717, 1.165) is 38.0 Å². The average Bonchev–Trinajstić information content (AvgIpc) is 3.30. The van der Waals surface area contributed by atoms with Crippen molar-refractivity contribution >= 4 is 11.3 Å². The second-order valence-electron chi connectivity index (χ2n) is 6.91. The van der Waals surface area contributed by atoms with Crippen LogP contribution in [0.5, 0.6) is 0 Å². The minimum absolute atomic E-state index is 0.349. The van der Waals surface area contributed by atoms with Crippen LogP contribution in [-0.2, 0) is 20.8 Å². The molecule has 3 heterocycles. The Kier molecular flexibility index (Phi) is 5.26. The summed E-state index contributed by atoms with van der Waals surface area (Å²) in [5.74, 6) is 1.25. The van der Waals surface area contributed by atoms with Gasteiger partial charge in [-0.1, -0.05) is 0 Å². The Labute approximate surface area is 141 Å². The van der Waals surface area contributed by atoms with Crippen LogP contribution in [0.25, 0.3) is 0 Å². The first-order valence-electron chi connectivity index (χ1n) is 8.79. The number of nitrogens with zero attached hydrogens (tertiary/aromatic N) is 2. The Morgan fingerprint density at radius 2 is 2.30 bits per heavy atom. The Bertz CT molecular complexity index is 478. The van der Waals surface area contributed by atoms with Crippen LogP contribution in [0.2, 0.25) is 0 Å². The largest absolute Gasteiger partial charge is 0.381 e. The van der Waals surface area contributed by atoms with Crippen molar-refractivity contribution in [3.05, 3.63) is 16.6 Å². The monoisotopic (exact) mass is 338 g/mol. The molecule has 4 unspecified atom stereocenters. The van der Waals surface area contributed by atoms with E-state index in [-0.39, 0.29) is 0 Å². The number of ether oxygens (including phenoxy) is 3. The van der Waals surface area contributed by atoms with E-state index in [0.29, 0.717) is 30.6 Å². The minimum atomic E-state index is 0.349. The fourth-order valence-corrected chi connectivity index (χ4v) is 4.77. The van der Waals surface area contributed by atoms with Gasteiger partial charge in [0.2, 0.25) is 0 Å². The van der Waals surface area contributed by atoms with Crippen LogP contribution < -0.4 is 0 Å². The van der Waals surface area contributed by atoms with E-state index in [1.165, 1.54) is 25.8 Å². The third-order valence-electron chi connectivity index (χ3n) is 5.39. The molecule has 4 atom stereocenters. The third-order valence-corrected chi connectivity index (χ3v) is 6.15. The Hall–Kier alpha value is -0.530. The normalized spacial score (nSPS) is 34.8. The van der Waals surface area contributed by atoms with Crippen molar-refractivity contribution in [3.63, 3.8) is 0 Å². The van der Waals surface area contributed by atoms with Gasteiger partial charge in [0.15, 0.2) is 0 Å². The van der Waals surface area contributed by atoms with E-state index in [1.54, 1.807) is 11.3 Å². The molecule has 2 aliphatic heterocycles. The molecule has 1 saturated carbocycles. The first-order valence-corrected chi connectivity index (χ1v) is 9.67. The van der Waals surface area contributed by atoms with E-state index in [1.807, 2.05) is 11.6 Å². The lowest BCUT2D eigenvalue weighted by molar-refractivity contribution is -0.0899. The molecule has 0 amide bonds. The Balaban J connectivity index is 1.28. The molecule has 0 spiro atoms. The first-order chi connectivity index (χ1) is 11.4. The summed E-state index contributed by atoms with van der Waals surface area (Å²) in [7, 11) is 0. The van der Waals surface area contributed by atoms with E-state index in [9.17, 15) is 0 Å². The Morgan fingerprint density at radius 1 is 1.30 bits per heavy atom. The number of thiazole rings is 1. The van der Waals surface area contributed by atoms with Gasteiger partial charge >= 0.3 is 0 Å². The third kappa shape index (κ3) is 3.77. The van der Waals surface area contributed by atoms with Crippen LogP contribution in [0.1, 0.15) is 24.3 Å². The zero-order valence-corrected chi connectivity index (χ0v) is 14.4. The standard InChI is InChI=1S/C17H26N2O3S/c1-2-15-17(14(1)11-21-12-16-18-4-8-23-16)22-7-5-19(15)9-13-3-6-20-10-13/h4,8,13-15,17H,1-3,5-7,9-12H2. The van der Waals surface area contributed by atoms with E-state index in [2.05, 4.69) is 9.88 Å². The molecule has 0 aromatic carbocycles. The number of morpholine rings is 1. The molecule has 4 rings (SSSR count). The van der Waals surface area contributed by atoms with Crippen molar-refractivity contribution in [2.75, 3.05) is 39.5 Å². The van der Waals surface area contributed by atoms with Crippen molar-refractivity contribution in [2.45, 2.75) is 38.0 Å². The van der Waals surface area contributed by atoms with Crippen LogP contribution in [-0.4, -0.2) is 61.5 Å². The average molecular weight is 338 g/mol. The van der Waals surface area contributed by atoms with Crippen LogP contribution >= 0.6 is 11.3 Å². The highest BCUT2D eigenvalue weighted by molar-refractivity contribution is 7.09. The zero-order valence-electron chi connectivity index (χ0n) is 13.6. The number of fused-ring (bicyclic) bond motifs is 1. The van der Waals surface area contributed by atoms with Crippen LogP contribution in [0.3, 0.4) is 0 Å². The van der Waals surface area contributed by atoms with Gasteiger partial charge in [0.05, 0.1) is 32.5 Å². The van der Waals surface area contributed by atoms with Gasteiger partial charge in [-0.2, -0.15) is 0 Å². The fraction of sp³-hybridized carbons (Fsp3) is 0.824. The van der Waals surface area contributed by atoms with Crippen molar-refractivity contribution in [1.29, 1.82) is 0 Å². The lowest BCUT2D eigenvalue weighted by Gasteiger charge is -2.40. The fourth-order valence-electron chi connectivity index (χ4n) is 4.22. The second kappa shape index (κ2) is 7.57. The molecular formula is C17H26N2O3S. The summed E-state index contributed by atoms with van der Waals surface area (Å²) in [6.45, 7) is 6.42. The summed E-state index contributed by atoms with van der Waals surface area (Å²) in [6.07, 6.45) is 5.86. The van der Waals surface area contributed by atoms with E-state index < -0.39 is 0 Å². The van der Waals surface area contributed by atoms with Crippen LogP contribution in [0.4, 0.5) is 0 Å². The molecule has 6 heteroatoms. The maximum atomic E-state index is 6.13. The van der Waals surface area contributed by atoms with E-state index in [4.69, 9.17) is 14.2 Å². The molecule has 128 valence electrons. The van der Waals surface area contributed by atoms with Gasteiger partial charge in [0.25, 0.3) is 0 Å². The molecule has 23 heavy (non-hydrogen) atoms. The summed E-state index contributed by atoms with van der Waals surface area (Å²) in [5, 5.41) is 3.06. The summed E-state index contributed by atoms with van der Waals surface area (Å²) in [6, 6.07) is 0.581. The van der Waals surface area contributed by atoms with Gasteiger partial charge in [-0.3, -0.25) is 4.90 Å². The summed E-state index contributed by atoms with van der Waals surface area (Å²) >= 11 is 1.66. The zero-order chi connectivity index (χ0) is 15.5. The number of rotatable bonds is 6. The summed E-state index contributed by atoms with van der Waals surface area (Å²) in [4.78, 5) is 6.93. The molecule has 3 aliphatic rings. The minimum Gasteiger partial charge on any atom is -0.381 e. The maximum absolute atomic E-state index is 6.13. The van der Waals surface area contributed by atoms with Crippen molar-refractivity contribution in [3.8, 4) is 0 Å². The topological polar surface area (TPSA) is 43.8 Å². The first kappa shape index (κ1) is 16.0. The molecule has 5 nitrogen and oxygen atoms in total. The van der Waals surface area contributed by atoms with E-state index >= 15 is 0 Å². The molecule has 1 aromatic heterocycles. The molecule has 3 fully saturated rings. The second-order valence-corrected chi connectivity index (χ2v) is 7.88. The molecule has 2 saturated heterocycles. The predicted molar refractivity (Wildman–Crippen MR) is 88.5 cm³/mol. The highest BCUT2D eigenvalue weighted by Crippen LogP contribution is 2.35. The number of hydrogen-bond acceptors (Lipinski definition) is 6. The predicted octanol–water partition coefficient (Wildman–Crippen LogP) is 2.18. The van der Waals surface area contributed by atoms with Gasteiger partial charge in [-0.15, -0.1) is 11.3 Å². The smallest absolute Gasteiger partial charge is 0.118 e. The van der Waals surface area contributed by atoms with Gasteiger partial charge in [-0.05, 0) is 25.2 Å². The molecular weight excluding hydrogens is 312 g/mol. The lowest BCUT2D eigenvalue weighted by Crippen LogP contribution is -2.52. The Morgan fingerprint density at radius 3 is 3.13 bits per heavy atom. The van der Waals surface area contributed by atoms with Gasteiger partial charge < -0.3 is 14.2 Å². The SMILES string of the molecule is c1csc(COCC2CCC3C2OCCN3CC2CCOC2)n1. The van der Waals surface area contributed by atoms with Crippen molar-refractivity contribution < 1.29 is 14.2 Å². The maximum Gasteiger partial charge on any atom is 0.118 e. The van der Waals surface area contributed by atoms with Gasteiger partial charge in [0.1, 0.15) is 5.01 Å². The van der Waals surface area contributed by atoms with Gasteiger partial charge in [-0.25, -0.2) is 4.98 Å². The van der Waals surface area contributed by atoms with Crippen LogP contribution in [0, 0.1) is 11.8 Å². The van der Waals surface area contributed by atoms with Crippen molar-refractivity contribution in [1.82, 2.24) is 9.88 Å². The van der Waals surface area contributed by atoms with Gasteiger partial charge in [0, 0.05) is 43.2 Å². The molecule has 1 aliphatic carbocycles.